The highest BCUT2D eigenvalue weighted by atomic mass is 35.5. The van der Waals surface area contributed by atoms with Crippen LogP contribution in [0.1, 0.15) is 24.4 Å². The third kappa shape index (κ3) is 5.13. The van der Waals surface area contributed by atoms with Gasteiger partial charge in [-0.1, -0.05) is 35.5 Å². The number of halogens is 4. The SMILES string of the molecule is C=CCn1c(SCc2ccc(F)cc2Cl)nnc1C(C)Oc1ccc(F)cc1F. The molecule has 1 atom stereocenters. The van der Waals surface area contributed by atoms with E-state index in [9.17, 15) is 13.2 Å². The Balaban J connectivity index is 1.79. The molecule has 4 nitrogen and oxygen atoms in total. The largest absolute Gasteiger partial charge is 0.480 e. The second kappa shape index (κ2) is 9.37. The zero-order valence-electron chi connectivity index (χ0n) is 15.4. The number of hydrogen-bond donors (Lipinski definition) is 0. The molecule has 0 fully saturated rings. The predicted octanol–water partition coefficient (Wildman–Crippen LogP) is 5.97. The van der Waals surface area contributed by atoms with E-state index in [0.717, 1.165) is 17.7 Å². The van der Waals surface area contributed by atoms with Crippen molar-refractivity contribution in [2.75, 3.05) is 0 Å². The first-order valence-corrected chi connectivity index (χ1v) is 9.97. The van der Waals surface area contributed by atoms with Gasteiger partial charge in [0, 0.05) is 23.4 Å². The fourth-order valence-corrected chi connectivity index (χ4v) is 3.88. The van der Waals surface area contributed by atoms with Crippen LogP contribution in [-0.4, -0.2) is 14.8 Å². The number of aromatic nitrogens is 3. The second-order valence-corrected chi connectivity index (χ2v) is 7.45. The smallest absolute Gasteiger partial charge is 0.191 e. The van der Waals surface area contributed by atoms with E-state index in [4.69, 9.17) is 16.3 Å². The second-order valence-electron chi connectivity index (χ2n) is 6.10. The van der Waals surface area contributed by atoms with Crippen molar-refractivity contribution in [1.82, 2.24) is 14.8 Å². The number of thioether (sulfide) groups is 1. The summed E-state index contributed by atoms with van der Waals surface area (Å²) in [5.74, 6) is -1.06. The molecule has 152 valence electrons. The summed E-state index contributed by atoms with van der Waals surface area (Å²) in [4.78, 5) is 0. The van der Waals surface area contributed by atoms with Crippen LogP contribution in [0.4, 0.5) is 13.2 Å². The maximum Gasteiger partial charge on any atom is 0.191 e. The van der Waals surface area contributed by atoms with E-state index < -0.39 is 23.6 Å². The first-order chi connectivity index (χ1) is 13.9. The average Bonchev–Trinajstić information content (AvgIpc) is 3.06. The molecule has 2 aromatic carbocycles. The lowest BCUT2D eigenvalue weighted by Gasteiger charge is -2.16. The van der Waals surface area contributed by atoms with Crippen molar-refractivity contribution >= 4 is 23.4 Å². The van der Waals surface area contributed by atoms with Crippen LogP contribution in [0.25, 0.3) is 0 Å². The molecule has 0 spiro atoms. The highest BCUT2D eigenvalue weighted by molar-refractivity contribution is 7.98. The van der Waals surface area contributed by atoms with Crippen LogP contribution in [0.3, 0.4) is 0 Å². The quantitative estimate of drug-likeness (QED) is 0.320. The molecule has 0 aliphatic heterocycles. The molecule has 0 saturated carbocycles. The van der Waals surface area contributed by atoms with Crippen molar-refractivity contribution in [2.24, 2.45) is 0 Å². The van der Waals surface area contributed by atoms with Crippen LogP contribution in [-0.2, 0) is 12.3 Å². The van der Waals surface area contributed by atoms with Crippen LogP contribution in [0.5, 0.6) is 5.75 Å². The summed E-state index contributed by atoms with van der Waals surface area (Å²) in [7, 11) is 0. The van der Waals surface area contributed by atoms with Crippen molar-refractivity contribution in [2.45, 2.75) is 30.5 Å². The fourth-order valence-electron chi connectivity index (χ4n) is 2.60. The van der Waals surface area contributed by atoms with Crippen molar-refractivity contribution < 1.29 is 17.9 Å². The summed E-state index contributed by atoms with van der Waals surface area (Å²) in [6.07, 6.45) is 1.03. The van der Waals surface area contributed by atoms with E-state index in [1.807, 2.05) is 0 Å². The molecular weight excluding hydrogens is 423 g/mol. The van der Waals surface area contributed by atoms with Gasteiger partial charge >= 0.3 is 0 Å². The standard InChI is InChI=1S/C20H17ClF3N3OS/c1-3-8-27-19(12(2)28-18-7-6-15(23)10-17(18)24)25-26-20(27)29-11-13-4-5-14(22)9-16(13)21/h3-7,9-10,12H,1,8,11H2,2H3. The van der Waals surface area contributed by atoms with E-state index in [1.54, 1.807) is 23.6 Å². The number of ether oxygens (including phenoxy) is 1. The van der Waals surface area contributed by atoms with Crippen molar-refractivity contribution in [3.8, 4) is 5.75 Å². The van der Waals surface area contributed by atoms with Gasteiger partial charge in [0.15, 0.2) is 28.7 Å². The van der Waals surface area contributed by atoms with Gasteiger partial charge in [-0.3, -0.25) is 4.57 Å². The van der Waals surface area contributed by atoms with E-state index >= 15 is 0 Å². The topological polar surface area (TPSA) is 39.9 Å². The number of hydrogen-bond acceptors (Lipinski definition) is 4. The van der Waals surface area contributed by atoms with Crippen molar-refractivity contribution in [1.29, 1.82) is 0 Å². The van der Waals surface area contributed by atoms with Gasteiger partial charge < -0.3 is 4.74 Å². The third-order valence-corrected chi connectivity index (χ3v) is 5.36. The molecule has 0 radical (unpaired) electrons. The molecule has 29 heavy (non-hydrogen) atoms. The maximum absolute atomic E-state index is 13.9. The van der Waals surface area contributed by atoms with Gasteiger partial charge in [-0.15, -0.1) is 16.8 Å². The van der Waals surface area contributed by atoms with Crippen molar-refractivity contribution in [3.05, 3.63) is 82.9 Å². The molecule has 0 bridgehead atoms. The van der Waals surface area contributed by atoms with Gasteiger partial charge in [-0.2, -0.15) is 0 Å². The molecule has 0 amide bonds. The summed E-state index contributed by atoms with van der Waals surface area (Å²) < 4.78 is 47.6. The van der Waals surface area contributed by atoms with E-state index in [2.05, 4.69) is 16.8 Å². The molecule has 1 aromatic heterocycles. The first-order valence-electron chi connectivity index (χ1n) is 8.61. The summed E-state index contributed by atoms with van der Waals surface area (Å²) in [6, 6.07) is 7.31. The lowest BCUT2D eigenvalue weighted by Crippen LogP contribution is -2.13. The lowest BCUT2D eigenvalue weighted by atomic mass is 10.2. The minimum Gasteiger partial charge on any atom is -0.480 e. The zero-order chi connectivity index (χ0) is 21.0. The predicted molar refractivity (Wildman–Crippen MR) is 107 cm³/mol. The summed E-state index contributed by atoms with van der Waals surface area (Å²) in [6.45, 7) is 5.83. The number of nitrogens with zero attached hydrogens (tertiary/aromatic N) is 3. The monoisotopic (exact) mass is 439 g/mol. The molecular formula is C20H17ClF3N3OS. The zero-order valence-corrected chi connectivity index (χ0v) is 17.0. The van der Waals surface area contributed by atoms with E-state index in [1.165, 1.54) is 30.0 Å². The molecule has 9 heteroatoms. The Morgan fingerprint density at radius 1 is 1.17 bits per heavy atom. The summed E-state index contributed by atoms with van der Waals surface area (Å²) >= 11 is 7.44. The fraction of sp³-hybridized carbons (Fsp3) is 0.200. The third-order valence-electron chi connectivity index (χ3n) is 3.99. The molecule has 0 N–H and O–H groups in total. The van der Waals surface area contributed by atoms with Gasteiger partial charge in [-0.25, -0.2) is 13.2 Å². The van der Waals surface area contributed by atoms with Crippen molar-refractivity contribution in [3.63, 3.8) is 0 Å². The molecule has 3 rings (SSSR count). The highest BCUT2D eigenvalue weighted by Crippen LogP contribution is 2.29. The lowest BCUT2D eigenvalue weighted by molar-refractivity contribution is 0.200. The van der Waals surface area contributed by atoms with Gasteiger partial charge in [0.05, 0.1) is 0 Å². The van der Waals surface area contributed by atoms with E-state index in [0.29, 0.717) is 28.3 Å². The Hall–Kier alpha value is -2.45. The first kappa shape index (κ1) is 21.3. The van der Waals surface area contributed by atoms with E-state index in [-0.39, 0.29) is 5.75 Å². The molecule has 0 aliphatic rings. The van der Waals surface area contributed by atoms with Crippen LogP contribution in [0.15, 0.2) is 54.2 Å². The normalized spacial score (nSPS) is 12.0. The molecule has 1 heterocycles. The highest BCUT2D eigenvalue weighted by Gasteiger charge is 2.20. The Bertz CT molecular complexity index is 1030. The number of rotatable bonds is 8. The van der Waals surface area contributed by atoms with Crippen LogP contribution >= 0.6 is 23.4 Å². The molecule has 0 aliphatic carbocycles. The number of benzene rings is 2. The van der Waals surface area contributed by atoms with Gasteiger partial charge in [-0.05, 0) is 36.8 Å². The summed E-state index contributed by atoms with van der Waals surface area (Å²) in [5, 5.41) is 9.24. The Kier molecular flexibility index (Phi) is 6.87. The van der Waals surface area contributed by atoms with Crippen LogP contribution < -0.4 is 4.74 Å². The minimum atomic E-state index is -0.799. The van der Waals surface area contributed by atoms with Gasteiger partial charge in [0.25, 0.3) is 0 Å². The maximum atomic E-state index is 13.9. The van der Waals surface area contributed by atoms with Crippen LogP contribution in [0, 0.1) is 17.5 Å². The Morgan fingerprint density at radius 2 is 1.90 bits per heavy atom. The molecule has 3 aromatic rings. The molecule has 0 saturated heterocycles. The average molecular weight is 440 g/mol. The minimum absolute atomic E-state index is 0.0839. The number of allylic oxidation sites excluding steroid dienone is 1. The van der Waals surface area contributed by atoms with Crippen LogP contribution in [0.2, 0.25) is 5.02 Å². The Labute approximate surface area is 175 Å². The van der Waals surface area contributed by atoms with Gasteiger partial charge in [0.2, 0.25) is 0 Å². The van der Waals surface area contributed by atoms with Gasteiger partial charge in [0.1, 0.15) is 11.6 Å². The Morgan fingerprint density at radius 3 is 2.59 bits per heavy atom. The summed E-state index contributed by atoms with van der Waals surface area (Å²) in [5.41, 5.74) is 0.755. The molecule has 1 unspecified atom stereocenters.